The molecule has 4 heterocycles. The highest BCUT2D eigenvalue weighted by atomic mass is 32.2. The Balaban J connectivity index is 0.000000283. The normalized spacial score (nSPS) is 14.3. The first-order valence-electron chi connectivity index (χ1n) is 13.6. The Morgan fingerprint density at radius 2 is 1.88 bits per heavy atom. The number of nitrogens with two attached hydrogens (primary N) is 1. The first-order valence-corrected chi connectivity index (χ1v) is 15.6. The molecule has 2 aliphatic rings. The molecule has 2 N–H and O–H groups in total. The number of piperazine rings is 1. The summed E-state index contributed by atoms with van der Waals surface area (Å²) in [5.74, 6) is 7.88. The van der Waals surface area contributed by atoms with Crippen LogP contribution >= 0.6 is 23.9 Å². The molecular formula is C29H37N9O2S2. The second-order valence-corrected chi connectivity index (χ2v) is 11.6. The lowest BCUT2D eigenvalue weighted by Crippen LogP contribution is -2.44. The number of hydrogen-bond donors (Lipinski definition) is 1. The summed E-state index contributed by atoms with van der Waals surface area (Å²) in [6.45, 7) is 7.01. The molecule has 222 valence electrons. The third-order valence-corrected chi connectivity index (χ3v) is 8.42. The van der Waals surface area contributed by atoms with Gasteiger partial charge in [-0.15, -0.1) is 10.2 Å². The van der Waals surface area contributed by atoms with Crippen LogP contribution in [0.1, 0.15) is 21.6 Å². The van der Waals surface area contributed by atoms with Gasteiger partial charge in [-0.25, -0.2) is 9.29 Å². The maximum atomic E-state index is 10.6. The molecule has 3 aromatic rings. The number of rotatable bonds is 8. The molecule has 2 aromatic heterocycles. The van der Waals surface area contributed by atoms with Gasteiger partial charge in [-0.1, -0.05) is 35.9 Å². The molecule has 11 nitrogen and oxygen atoms in total. The highest BCUT2D eigenvalue weighted by Crippen LogP contribution is 2.29. The second kappa shape index (κ2) is 15.6. The SMILES string of the molecule is CSN(C)c1ccccc1C=O.Cc1cc(OCC#CCN)nc(N2CCN(Sc3cc4c(nn3)N(C)CC4)CC2)n1. The average Bonchev–Trinajstić information content (AvgIpc) is 3.39. The van der Waals surface area contributed by atoms with Crippen LogP contribution in [-0.2, 0) is 6.42 Å². The van der Waals surface area contributed by atoms with E-state index in [2.05, 4.69) is 59.2 Å². The number of carbonyl (C=O) groups is 1. The predicted octanol–water partition coefficient (Wildman–Crippen LogP) is 2.95. The zero-order chi connectivity index (χ0) is 29.9. The Bertz CT molecular complexity index is 1410. The molecule has 0 atom stereocenters. The molecule has 1 fully saturated rings. The van der Waals surface area contributed by atoms with Crippen LogP contribution in [0, 0.1) is 18.8 Å². The highest BCUT2D eigenvalue weighted by Gasteiger charge is 2.23. The Morgan fingerprint density at radius 1 is 1.10 bits per heavy atom. The zero-order valence-corrected chi connectivity index (χ0v) is 26.1. The van der Waals surface area contributed by atoms with E-state index >= 15 is 0 Å². The zero-order valence-electron chi connectivity index (χ0n) is 24.5. The Morgan fingerprint density at radius 3 is 2.62 bits per heavy atom. The van der Waals surface area contributed by atoms with Crippen molar-refractivity contribution in [3.63, 3.8) is 0 Å². The molecule has 0 radical (unpaired) electrons. The summed E-state index contributed by atoms with van der Waals surface area (Å²) in [4.78, 5) is 24.1. The van der Waals surface area contributed by atoms with E-state index in [1.54, 1.807) is 23.9 Å². The van der Waals surface area contributed by atoms with Crippen LogP contribution in [0.4, 0.5) is 17.5 Å². The van der Waals surface area contributed by atoms with Gasteiger partial charge in [0.25, 0.3) is 0 Å². The van der Waals surface area contributed by atoms with Gasteiger partial charge in [0.05, 0.1) is 12.2 Å². The maximum absolute atomic E-state index is 10.6. The lowest BCUT2D eigenvalue weighted by molar-refractivity contribution is 0.112. The largest absolute Gasteiger partial charge is 0.464 e. The number of aromatic nitrogens is 4. The van der Waals surface area contributed by atoms with Crippen molar-refractivity contribution >= 4 is 47.6 Å². The number of anilines is 3. The van der Waals surface area contributed by atoms with Gasteiger partial charge >= 0.3 is 0 Å². The van der Waals surface area contributed by atoms with Crippen molar-refractivity contribution in [3.8, 4) is 17.7 Å². The minimum atomic E-state index is 0.273. The fourth-order valence-electron chi connectivity index (χ4n) is 4.40. The summed E-state index contributed by atoms with van der Waals surface area (Å²) in [5, 5.41) is 9.74. The number of fused-ring (bicyclic) bond motifs is 1. The van der Waals surface area contributed by atoms with E-state index < -0.39 is 0 Å². The van der Waals surface area contributed by atoms with E-state index in [1.165, 1.54) is 5.56 Å². The third-order valence-electron chi connectivity index (χ3n) is 6.67. The highest BCUT2D eigenvalue weighted by molar-refractivity contribution is 7.99. The molecule has 0 spiro atoms. The van der Waals surface area contributed by atoms with Gasteiger partial charge in [-0.3, -0.25) is 4.79 Å². The topological polar surface area (TPSA) is 117 Å². The number of para-hydroxylation sites is 1. The van der Waals surface area contributed by atoms with Crippen LogP contribution < -0.4 is 24.6 Å². The lowest BCUT2D eigenvalue weighted by Gasteiger charge is -2.33. The number of ether oxygens (including phenoxy) is 1. The third kappa shape index (κ3) is 8.48. The van der Waals surface area contributed by atoms with E-state index in [9.17, 15) is 4.79 Å². The van der Waals surface area contributed by atoms with Crippen LogP contribution in [0.2, 0.25) is 0 Å². The Hall–Kier alpha value is -3.57. The Kier molecular flexibility index (Phi) is 11.7. The van der Waals surface area contributed by atoms with Crippen LogP contribution in [0.15, 0.2) is 41.4 Å². The van der Waals surface area contributed by atoms with Crippen molar-refractivity contribution in [2.75, 3.05) is 80.3 Å². The van der Waals surface area contributed by atoms with Gasteiger partial charge in [0.2, 0.25) is 11.8 Å². The van der Waals surface area contributed by atoms with Crippen LogP contribution in [-0.4, -0.2) is 97.0 Å². The van der Waals surface area contributed by atoms with E-state index in [0.717, 1.165) is 73.2 Å². The fourth-order valence-corrected chi connectivity index (χ4v) is 5.65. The van der Waals surface area contributed by atoms with Crippen molar-refractivity contribution in [1.82, 2.24) is 24.5 Å². The first-order chi connectivity index (χ1) is 20.4. The van der Waals surface area contributed by atoms with Gasteiger partial charge in [-0.05, 0) is 43.5 Å². The molecule has 5 rings (SSSR count). The van der Waals surface area contributed by atoms with E-state index in [4.69, 9.17) is 10.5 Å². The minimum Gasteiger partial charge on any atom is -0.464 e. The molecule has 1 saturated heterocycles. The number of hydrogen-bond acceptors (Lipinski definition) is 13. The van der Waals surface area contributed by atoms with Crippen molar-refractivity contribution in [2.24, 2.45) is 5.73 Å². The molecule has 13 heteroatoms. The number of nitrogens with zero attached hydrogens (tertiary/aromatic N) is 8. The van der Waals surface area contributed by atoms with E-state index in [0.29, 0.717) is 18.4 Å². The second-order valence-electron chi connectivity index (χ2n) is 9.56. The monoisotopic (exact) mass is 607 g/mol. The van der Waals surface area contributed by atoms with Crippen LogP contribution in [0.5, 0.6) is 5.88 Å². The quantitative estimate of drug-likeness (QED) is 0.230. The summed E-state index contributed by atoms with van der Waals surface area (Å²) < 4.78 is 9.91. The van der Waals surface area contributed by atoms with Gasteiger partial charge in [0.1, 0.15) is 5.03 Å². The number of aldehydes is 1. The standard InChI is InChI=1S/C20H26N8OS.C9H11NOS/c1-15-13-17(29-12-4-3-6-21)23-20(22-15)27-8-10-28(11-9-27)30-18-14-16-5-7-26(2)19(16)25-24-18;1-10(12-2)9-6-4-3-5-8(9)7-11/h13-14H,5-12,21H2,1-2H3;3-7H,1-2H3. The van der Waals surface area contributed by atoms with Crippen LogP contribution in [0.25, 0.3) is 0 Å². The van der Waals surface area contributed by atoms with Gasteiger partial charge in [0, 0.05) is 76.0 Å². The van der Waals surface area contributed by atoms with E-state index in [-0.39, 0.29) is 6.61 Å². The molecular weight excluding hydrogens is 571 g/mol. The molecule has 0 saturated carbocycles. The fraction of sp³-hybridized carbons (Fsp3) is 0.414. The van der Waals surface area contributed by atoms with Crippen molar-refractivity contribution in [2.45, 2.75) is 18.4 Å². The van der Waals surface area contributed by atoms with Gasteiger partial charge in [0.15, 0.2) is 18.7 Å². The molecule has 0 aliphatic carbocycles. The molecule has 2 aliphatic heterocycles. The molecule has 0 unspecified atom stereocenters. The summed E-state index contributed by atoms with van der Waals surface area (Å²) in [5.41, 5.74) is 9.21. The smallest absolute Gasteiger partial charge is 0.228 e. The molecule has 0 amide bonds. The molecule has 1 aromatic carbocycles. The minimum absolute atomic E-state index is 0.273. The predicted molar refractivity (Wildman–Crippen MR) is 171 cm³/mol. The van der Waals surface area contributed by atoms with Crippen LogP contribution in [0.3, 0.4) is 0 Å². The van der Waals surface area contributed by atoms with E-state index in [1.807, 2.05) is 54.9 Å². The number of likely N-dealkylation sites (N-methyl/N-ethyl adjacent to an activating group) is 1. The van der Waals surface area contributed by atoms with Gasteiger partial charge in [-0.2, -0.15) is 4.98 Å². The summed E-state index contributed by atoms with van der Waals surface area (Å²) >= 11 is 3.26. The number of benzene rings is 1. The average molecular weight is 608 g/mol. The lowest BCUT2D eigenvalue weighted by atomic mass is 10.2. The van der Waals surface area contributed by atoms with Gasteiger partial charge < -0.3 is 24.6 Å². The van der Waals surface area contributed by atoms with Crippen molar-refractivity contribution < 1.29 is 9.53 Å². The molecule has 0 bridgehead atoms. The number of carbonyl (C=O) groups excluding carboxylic acids is 1. The Labute approximate surface area is 256 Å². The first kappa shape index (κ1) is 31.4. The number of aryl methyl sites for hydroxylation is 1. The van der Waals surface area contributed by atoms with Crippen molar-refractivity contribution in [1.29, 1.82) is 0 Å². The molecule has 42 heavy (non-hydrogen) atoms. The maximum Gasteiger partial charge on any atom is 0.228 e. The summed E-state index contributed by atoms with van der Waals surface area (Å²) in [7, 11) is 4.00. The summed E-state index contributed by atoms with van der Waals surface area (Å²) in [6, 6.07) is 11.5. The van der Waals surface area contributed by atoms with Crippen molar-refractivity contribution in [3.05, 3.63) is 53.2 Å². The summed E-state index contributed by atoms with van der Waals surface area (Å²) in [6.07, 6.45) is 3.89.